The summed E-state index contributed by atoms with van der Waals surface area (Å²) in [5.74, 6) is -0.546. The number of allylic oxidation sites excluding steroid dienone is 1. The van der Waals surface area contributed by atoms with Gasteiger partial charge in [0.05, 0.1) is 7.11 Å². The zero-order valence-electron chi connectivity index (χ0n) is 9.09. The molecule has 0 bridgehead atoms. The molecule has 0 amide bonds. The Morgan fingerprint density at radius 3 is 2.62 bits per heavy atom. The van der Waals surface area contributed by atoms with Gasteiger partial charge >= 0.3 is 11.7 Å². The molecule has 0 unspecified atom stereocenters. The molecule has 0 aromatic carbocycles. The lowest BCUT2D eigenvalue weighted by atomic mass is 10.2. The van der Waals surface area contributed by atoms with Crippen LogP contribution in [0.5, 0.6) is 0 Å². The van der Waals surface area contributed by atoms with Gasteiger partial charge in [-0.2, -0.15) is 9.63 Å². The third-order valence-corrected chi connectivity index (χ3v) is 2.61. The van der Waals surface area contributed by atoms with Gasteiger partial charge in [-0.25, -0.2) is 10.1 Å². The molecule has 1 aliphatic rings. The zero-order valence-corrected chi connectivity index (χ0v) is 9.09. The van der Waals surface area contributed by atoms with Crippen molar-refractivity contribution in [1.82, 2.24) is 0 Å². The van der Waals surface area contributed by atoms with Gasteiger partial charge in [0.2, 0.25) is 0 Å². The average Bonchev–Trinajstić information content (AvgIpc) is 2.78. The van der Waals surface area contributed by atoms with E-state index in [1.807, 2.05) is 0 Å². The van der Waals surface area contributed by atoms with Gasteiger partial charge in [0, 0.05) is 25.0 Å². The van der Waals surface area contributed by atoms with Crippen LogP contribution in [0.1, 0.15) is 25.7 Å². The van der Waals surface area contributed by atoms with Crippen molar-refractivity contribution < 1.29 is 24.4 Å². The van der Waals surface area contributed by atoms with E-state index < -0.39 is 11.7 Å². The summed E-state index contributed by atoms with van der Waals surface area (Å²) in [5, 5.41) is 20.4. The SMILES string of the molecule is COC(=O)/C=C/C=[N+](\[O-])C1(OO)CCCC1. The number of hydrogen-bond donors (Lipinski definition) is 1. The van der Waals surface area contributed by atoms with Crippen molar-refractivity contribution in [1.29, 1.82) is 0 Å². The van der Waals surface area contributed by atoms with E-state index in [1.54, 1.807) is 0 Å². The molecule has 1 fully saturated rings. The molecule has 16 heavy (non-hydrogen) atoms. The molecule has 0 radical (unpaired) electrons. The summed E-state index contributed by atoms with van der Waals surface area (Å²) < 4.78 is 4.89. The van der Waals surface area contributed by atoms with E-state index in [0.29, 0.717) is 17.6 Å². The monoisotopic (exact) mass is 229 g/mol. The maximum Gasteiger partial charge on any atom is 0.330 e. The second-order valence-corrected chi connectivity index (χ2v) is 3.60. The second kappa shape index (κ2) is 5.62. The highest BCUT2D eigenvalue weighted by atomic mass is 17.1. The summed E-state index contributed by atoms with van der Waals surface area (Å²) in [4.78, 5) is 15.0. The number of rotatable bonds is 4. The lowest BCUT2D eigenvalue weighted by Crippen LogP contribution is -2.39. The Morgan fingerprint density at radius 2 is 2.12 bits per heavy atom. The summed E-state index contributed by atoms with van der Waals surface area (Å²) in [7, 11) is 1.25. The molecule has 0 saturated heterocycles. The van der Waals surface area contributed by atoms with Crippen molar-refractivity contribution in [2.75, 3.05) is 7.11 Å². The van der Waals surface area contributed by atoms with Crippen molar-refractivity contribution >= 4 is 12.2 Å². The van der Waals surface area contributed by atoms with E-state index in [9.17, 15) is 10.0 Å². The number of hydrogen-bond acceptors (Lipinski definition) is 5. The van der Waals surface area contributed by atoms with E-state index in [0.717, 1.165) is 25.1 Å². The normalized spacial score (nSPS) is 20.2. The number of nitrogens with zero attached hydrogens (tertiary/aromatic N) is 1. The van der Waals surface area contributed by atoms with Crippen molar-refractivity contribution in [3.8, 4) is 0 Å². The first-order valence-electron chi connectivity index (χ1n) is 5.03. The second-order valence-electron chi connectivity index (χ2n) is 3.60. The maximum atomic E-state index is 11.6. The molecule has 6 nitrogen and oxygen atoms in total. The Kier molecular flexibility index (Phi) is 4.45. The number of hydroxylamine groups is 1. The lowest BCUT2D eigenvalue weighted by Gasteiger charge is -2.22. The predicted molar refractivity (Wildman–Crippen MR) is 55.8 cm³/mol. The highest BCUT2D eigenvalue weighted by Crippen LogP contribution is 2.32. The van der Waals surface area contributed by atoms with Crippen molar-refractivity contribution in [2.24, 2.45) is 0 Å². The lowest BCUT2D eigenvalue weighted by molar-refractivity contribution is -0.651. The Bertz CT molecular complexity index is 304. The van der Waals surface area contributed by atoms with Crippen molar-refractivity contribution in [2.45, 2.75) is 31.4 Å². The molecule has 1 N–H and O–H groups in total. The Morgan fingerprint density at radius 1 is 1.50 bits per heavy atom. The number of esters is 1. The standard InChI is InChI=1S/C10H15NO5/c1-15-9(12)5-4-8-11(13)10(16-14)6-2-3-7-10/h4-5,8,14H,2-3,6-7H2,1H3/b5-4+,11-8-. The summed E-state index contributed by atoms with van der Waals surface area (Å²) in [5.41, 5.74) is -1.19. The molecule has 6 heteroatoms. The quantitative estimate of drug-likeness (QED) is 0.114. The van der Waals surface area contributed by atoms with Gasteiger partial charge in [-0.05, 0) is 12.8 Å². The third-order valence-electron chi connectivity index (χ3n) is 2.61. The molecule has 0 atom stereocenters. The minimum atomic E-state index is -1.19. The fourth-order valence-electron chi connectivity index (χ4n) is 1.68. The molecule has 1 rings (SSSR count). The van der Waals surface area contributed by atoms with Crippen molar-refractivity contribution in [3.63, 3.8) is 0 Å². The average molecular weight is 229 g/mol. The number of methoxy groups -OCH3 is 1. The van der Waals surface area contributed by atoms with Crippen LogP contribution in [0.4, 0.5) is 0 Å². The molecular weight excluding hydrogens is 214 g/mol. The zero-order chi connectivity index (χ0) is 12.0. The summed E-state index contributed by atoms with van der Waals surface area (Å²) in [6, 6.07) is 0. The first-order chi connectivity index (χ1) is 7.64. The largest absolute Gasteiger partial charge is 0.622 e. The van der Waals surface area contributed by atoms with Gasteiger partial charge in [-0.1, -0.05) is 0 Å². The predicted octanol–water partition coefficient (Wildman–Crippen LogP) is 1.06. The maximum absolute atomic E-state index is 11.6. The highest BCUT2D eigenvalue weighted by Gasteiger charge is 2.43. The van der Waals surface area contributed by atoms with Gasteiger partial charge in [-0.3, -0.25) is 0 Å². The van der Waals surface area contributed by atoms with Gasteiger partial charge in [0.25, 0.3) is 0 Å². The minimum absolute atomic E-state index is 0.468. The summed E-state index contributed by atoms with van der Waals surface area (Å²) in [6.45, 7) is 0. The molecule has 0 heterocycles. The smallest absolute Gasteiger partial charge is 0.330 e. The first-order valence-corrected chi connectivity index (χ1v) is 5.03. The van der Waals surface area contributed by atoms with Crippen LogP contribution in [0.15, 0.2) is 12.2 Å². The molecule has 0 spiro atoms. The third kappa shape index (κ3) is 2.80. The number of carbonyl (C=O) groups excluding carboxylic acids is 1. The molecule has 1 aliphatic carbocycles. The van der Waals surface area contributed by atoms with E-state index in [-0.39, 0.29) is 0 Å². The van der Waals surface area contributed by atoms with Gasteiger partial charge in [-0.15, -0.1) is 0 Å². The van der Waals surface area contributed by atoms with Crippen LogP contribution in [0.2, 0.25) is 0 Å². The molecule has 0 aromatic heterocycles. The molecule has 90 valence electrons. The van der Waals surface area contributed by atoms with Crippen LogP contribution in [0.25, 0.3) is 0 Å². The van der Waals surface area contributed by atoms with E-state index in [2.05, 4.69) is 9.62 Å². The van der Waals surface area contributed by atoms with Crippen LogP contribution in [0.3, 0.4) is 0 Å². The fraction of sp³-hybridized carbons (Fsp3) is 0.600. The number of ether oxygens (including phenoxy) is 1. The van der Waals surface area contributed by atoms with Gasteiger partial charge in [0.15, 0.2) is 6.21 Å². The van der Waals surface area contributed by atoms with Crippen LogP contribution >= 0.6 is 0 Å². The Balaban J connectivity index is 2.68. The van der Waals surface area contributed by atoms with E-state index in [4.69, 9.17) is 5.26 Å². The molecule has 1 saturated carbocycles. The highest BCUT2D eigenvalue weighted by molar-refractivity contribution is 5.86. The molecule has 0 aromatic rings. The topological polar surface area (TPSA) is 81.8 Å². The van der Waals surface area contributed by atoms with Crippen LogP contribution < -0.4 is 0 Å². The number of carbonyl (C=O) groups is 1. The fourth-order valence-corrected chi connectivity index (χ4v) is 1.68. The minimum Gasteiger partial charge on any atom is -0.622 e. The van der Waals surface area contributed by atoms with Crippen LogP contribution in [0, 0.1) is 5.21 Å². The van der Waals surface area contributed by atoms with E-state index >= 15 is 0 Å². The Labute approximate surface area is 93.3 Å². The van der Waals surface area contributed by atoms with Gasteiger partial charge < -0.3 is 9.94 Å². The van der Waals surface area contributed by atoms with E-state index in [1.165, 1.54) is 13.2 Å². The summed E-state index contributed by atoms with van der Waals surface area (Å²) in [6.07, 6.45) is 6.11. The first kappa shape index (κ1) is 12.7. The molecule has 0 aliphatic heterocycles. The van der Waals surface area contributed by atoms with Crippen LogP contribution in [-0.2, 0) is 14.4 Å². The van der Waals surface area contributed by atoms with Crippen LogP contribution in [-0.4, -0.2) is 35.0 Å². The Hall–Kier alpha value is -1.40. The summed E-state index contributed by atoms with van der Waals surface area (Å²) >= 11 is 0. The van der Waals surface area contributed by atoms with Crippen molar-refractivity contribution in [3.05, 3.63) is 17.4 Å². The molecular formula is C10H15NO5. The van der Waals surface area contributed by atoms with Gasteiger partial charge in [0.1, 0.15) is 0 Å².